The molecule has 0 bridgehead atoms. The standard InChI is InChI=1S/C15H12Cl2N2/c16-12-7-5-11(6-8-12)10-19-15(9-18)13-3-1-2-4-14(13)17/h1-8,15,19H,10H2. The van der Waals surface area contributed by atoms with Crippen LogP contribution >= 0.6 is 23.2 Å². The summed E-state index contributed by atoms with van der Waals surface area (Å²) in [6, 6.07) is 16.7. The van der Waals surface area contributed by atoms with Gasteiger partial charge in [0.15, 0.2) is 0 Å². The molecule has 0 saturated heterocycles. The normalized spacial score (nSPS) is 11.8. The highest BCUT2D eigenvalue weighted by molar-refractivity contribution is 6.31. The molecule has 4 heteroatoms. The average Bonchev–Trinajstić information content (AvgIpc) is 2.43. The fourth-order valence-electron chi connectivity index (χ4n) is 1.76. The van der Waals surface area contributed by atoms with E-state index in [-0.39, 0.29) is 0 Å². The average molecular weight is 291 g/mol. The molecule has 0 aromatic heterocycles. The maximum Gasteiger partial charge on any atom is 0.123 e. The van der Waals surface area contributed by atoms with E-state index in [1.807, 2.05) is 42.5 Å². The Bertz CT molecular complexity index is 588. The Labute approximate surface area is 122 Å². The van der Waals surface area contributed by atoms with Gasteiger partial charge in [0.05, 0.1) is 6.07 Å². The van der Waals surface area contributed by atoms with Gasteiger partial charge in [-0.3, -0.25) is 5.32 Å². The second kappa shape index (κ2) is 6.58. The lowest BCUT2D eigenvalue weighted by atomic mass is 10.1. The van der Waals surface area contributed by atoms with Gasteiger partial charge < -0.3 is 0 Å². The quantitative estimate of drug-likeness (QED) is 0.909. The highest BCUT2D eigenvalue weighted by Crippen LogP contribution is 2.22. The van der Waals surface area contributed by atoms with Gasteiger partial charge in [0.1, 0.15) is 6.04 Å². The van der Waals surface area contributed by atoms with Crippen molar-refractivity contribution < 1.29 is 0 Å². The molecule has 0 aliphatic carbocycles. The summed E-state index contributed by atoms with van der Waals surface area (Å²) >= 11 is 11.9. The number of nitrogens with one attached hydrogen (secondary N) is 1. The highest BCUT2D eigenvalue weighted by Gasteiger charge is 2.12. The smallest absolute Gasteiger partial charge is 0.123 e. The monoisotopic (exact) mass is 290 g/mol. The zero-order valence-electron chi connectivity index (χ0n) is 10.1. The molecule has 0 fully saturated rings. The van der Waals surface area contributed by atoms with Crippen LogP contribution in [0.2, 0.25) is 10.0 Å². The van der Waals surface area contributed by atoms with Crippen LogP contribution in [0.5, 0.6) is 0 Å². The van der Waals surface area contributed by atoms with Gasteiger partial charge >= 0.3 is 0 Å². The second-order valence-electron chi connectivity index (χ2n) is 4.09. The summed E-state index contributed by atoms with van der Waals surface area (Å²) in [7, 11) is 0. The summed E-state index contributed by atoms with van der Waals surface area (Å²) in [5, 5.41) is 13.7. The first kappa shape index (κ1) is 13.9. The summed E-state index contributed by atoms with van der Waals surface area (Å²) in [6.07, 6.45) is 0. The maximum absolute atomic E-state index is 9.23. The molecule has 0 radical (unpaired) electrons. The zero-order chi connectivity index (χ0) is 13.7. The molecule has 0 saturated carbocycles. The lowest BCUT2D eigenvalue weighted by Crippen LogP contribution is -2.19. The van der Waals surface area contributed by atoms with Gasteiger partial charge in [-0.1, -0.05) is 53.5 Å². The van der Waals surface area contributed by atoms with Gasteiger partial charge in [0.2, 0.25) is 0 Å². The molecular formula is C15H12Cl2N2. The van der Waals surface area contributed by atoms with Crippen LogP contribution in [-0.4, -0.2) is 0 Å². The van der Waals surface area contributed by atoms with E-state index in [0.717, 1.165) is 11.1 Å². The molecular weight excluding hydrogens is 279 g/mol. The first-order chi connectivity index (χ1) is 9.20. The molecule has 0 amide bonds. The van der Waals surface area contributed by atoms with E-state index in [4.69, 9.17) is 23.2 Å². The van der Waals surface area contributed by atoms with Crippen molar-refractivity contribution in [1.29, 1.82) is 5.26 Å². The molecule has 0 aliphatic rings. The van der Waals surface area contributed by atoms with Crippen LogP contribution in [0.25, 0.3) is 0 Å². The van der Waals surface area contributed by atoms with Gasteiger partial charge in [-0.25, -0.2) is 0 Å². The molecule has 0 spiro atoms. The second-order valence-corrected chi connectivity index (χ2v) is 4.93. The Kier molecular flexibility index (Phi) is 4.81. The van der Waals surface area contributed by atoms with Crippen molar-refractivity contribution in [2.75, 3.05) is 0 Å². The Hall–Kier alpha value is -1.53. The first-order valence-corrected chi connectivity index (χ1v) is 6.58. The Morgan fingerprint density at radius 2 is 1.74 bits per heavy atom. The Balaban J connectivity index is 2.07. The van der Waals surface area contributed by atoms with Crippen LogP contribution in [0, 0.1) is 11.3 Å². The van der Waals surface area contributed by atoms with E-state index in [0.29, 0.717) is 16.6 Å². The lowest BCUT2D eigenvalue weighted by molar-refractivity contribution is 0.630. The predicted molar refractivity (Wildman–Crippen MR) is 78.1 cm³/mol. The summed E-state index contributed by atoms with van der Waals surface area (Å²) in [5.41, 5.74) is 1.86. The van der Waals surface area contributed by atoms with Crippen molar-refractivity contribution in [3.05, 3.63) is 69.7 Å². The van der Waals surface area contributed by atoms with Crippen LogP contribution in [0.4, 0.5) is 0 Å². The van der Waals surface area contributed by atoms with E-state index < -0.39 is 6.04 Å². The summed E-state index contributed by atoms with van der Waals surface area (Å²) < 4.78 is 0. The maximum atomic E-state index is 9.23. The minimum Gasteiger partial charge on any atom is -0.294 e. The van der Waals surface area contributed by atoms with E-state index in [2.05, 4.69) is 11.4 Å². The van der Waals surface area contributed by atoms with E-state index >= 15 is 0 Å². The summed E-state index contributed by atoms with van der Waals surface area (Å²) in [4.78, 5) is 0. The van der Waals surface area contributed by atoms with Gasteiger partial charge in [0.25, 0.3) is 0 Å². The SMILES string of the molecule is N#CC(NCc1ccc(Cl)cc1)c1ccccc1Cl. The lowest BCUT2D eigenvalue weighted by Gasteiger charge is -2.13. The first-order valence-electron chi connectivity index (χ1n) is 5.82. The van der Waals surface area contributed by atoms with E-state index in [1.54, 1.807) is 6.07 Å². The van der Waals surface area contributed by atoms with Crippen molar-refractivity contribution in [1.82, 2.24) is 5.32 Å². The van der Waals surface area contributed by atoms with Gasteiger partial charge in [-0.05, 0) is 23.8 Å². The molecule has 1 atom stereocenters. The predicted octanol–water partition coefficient (Wildman–Crippen LogP) is 4.35. The Morgan fingerprint density at radius 1 is 1.05 bits per heavy atom. The van der Waals surface area contributed by atoms with Crippen molar-refractivity contribution in [2.45, 2.75) is 12.6 Å². The largest absolute Gasteiger partial charge is 0.294 e. The third-order valence-corrected chi connectivity index (χ3v) is 3.37. The zero-order valence-corrected chi connectivity index (χ0v) is 11.6. The number of halogens is 2. The van der Waals surface area contributed by atoms with Gasteiger partial charge in [-0.15, -0.1) is 0 Å². The summed E-state index contributed by atoms with van der Waals surface area (Å²) in [5.74, 6) is 0. The van der Waals surface area contributed by atoms with Crippen LogP contribution in [0.15, 0.2) is 48.5 Å². The molecule has 19 heavy (non-hydrogen) atoms. The molecule has 1 N–H and O–H groups in total. The van der Waals surface area contributed by atoms with E-state index in [1.165, 1.54) is 0 Å². The number of nitriles is 1. The number of hydrogen-bond acceptors (Lipinski definition) is 2. The van der Waals surface area contributed by atoms with Crippen LogP contribution in [0.3, 0.4) is 0 Å². The third kappa shape index (κ3) is 3.71. The number of hydrogen-bond donors (Lipinski definition) is 1. The summed E-state index contributed by atoms with van der Waals surface area (Å²) in [6.45, 7) is 0.584. The molecule has 96 valence electrons. The van der Waals surface area contributed by atoms with Gasteiger partial charge in [0, 0.05) is 22.2 Å². The fraction of sp³-hybridized carbons (Fsp3) is 0.133. The minimum atomic E-state index is -0.427. The molecule has 2 aromatic rings. The Morgan fingerprint density at radius 3 is 2.37 bits per heavy atom. The molecule has 0 aliphatic heterocycles. The molecule has 2 nitrogen and oxygen atoms in total. The van der Waals surface area contributed by atoms with Crippen molar-refractivity contribution >= 4 is 23.2 Å². The number of rotatable bonds is 4. The molecule has 1 unspecified atom stereocenters. The number of benzene rings is 2. The topological polar surface area (TPSA) is 35.8 Å². The molecule has 2 aromatic carbocycles. The highest BCUT2D eigenvalue weighted by atomic mass is 35.5. The van der Waals surface area contributed by atoms with Crippen LogP contribution in [-0.2, 0) is 6.54 Å². The van der Waals surface area contributed by atoms with Gasteiger partial charge in [-0.2, -0.15) is 5.26 Å². The van der Waals surface area contributed by atoms with Crippen LogP contribution < -0.4 is 5.32 Å². The molecule has 2 rings (SSSR count). The fourth-order valence-corrected chi connectivity index (χ4v) is 2.13. The third-order valence-electron chi connectivity index (χ3n) is 2.77. The molecule has 0 heterocycles. The van der Waals surface area contributed by atoms with Crippen molar-refractivity contribution in [3.63, 3.8) is 0 Å². The van der Waals surface area contributed by atoms with Crippen molar-refractivity contribution in [3.8, 4) is 6.07 Å². The minimum absolute atomic E-state index is 0.427. The number of nitrogens with zero attached hydrogens (tertiary/aromatic N) is 1. The van der Waals surface area contributed by atoms with Crippen LogP contribution in [0.1, 0.15) is 17.2 Å². The van der Waals surface area contributed by atoms with Crippen molar-refractivity contribution in [2.24, 2.45) is 0 Å². The van der Waals surface area contributed by atoms with E-state index in [9.17, 15) is 5.26 Å².